The number of anilines is 2. The first-order chi connectivity index (χ1) is 13.2. The maximum atomic E-state index is 12.5. The first-order valence-corrected chi connectivity index (χ1v) is 9.78. The van der Waals surface area contributed by atoms with Crippen LogP contribution in [0, 0.1) is 27.7 Å². The summed E-state index contributed by atoms with van der Waals surface area (Å²) in [6, 6.07) is 10.1. The summed E-state index contributed by atoms with van der Waals surface area (Å²) >= 11 is 0. The zero-order chi connectivity index (χ0) is 20.8. The third kappa shape index (κ3) is 5.67. The van der Waals surface area contributed by atoms with Crippen molar-refractivity contribution in [2.24, 2.45) is 0 Å². The van der Waals surface area contributed by atoms with Gasteiger partial charge in [0.1, 0.15) is 0 Å². The number of hydrogen-bond donors (Lipinski definition) is 3. The van der Waals surface area contributed by atoms with E-state index in [2.05, 4.69) is 29.7 Å². The number of carbonyl (C=O) groups is 2. The van der Waals surface area contributed by atoms with Crippen LogP contribution in [0.25, 0.3) is 0 Å². The first kappa shape index (κ1) is 21.6. The first-order valence-electron chi connectivity index (χ1n) is 9.78. The monoisotopic (exact) mass is 382 g/mol. The molecule has 0 saturated heterocycles. The maximum absolute atomic E-state index is 12.5. The topological polar surface area (TPSA) is 62.6 Å². The quantitative estimate of drug-likeness (QED) is 0.689. The van der Waals surface area contributed by atoms with Gasteiger partial charge in [0.25, 0.3) is 11.8 Å². The number of benzene rings is 2. The predicted molar refractivity (Wildman–Crippen MR) is 115 cm³/mol. The van der Waals surface area contributed by atoms with Gasteiger partial charge in [-0.3, -0.25) is 9.59 Å². The van der Waals surface area contributed by atoms with Crippen LogP contribution >= 0.6 is 0 Å². The summed E-state index contributed by atoms with van der Waals surface area (Å²) in [6.07, 6.45) is 0.859. The lowest BCUT2D eigenvalue weighted by molar-refractivity contribution is -0.862. The van der Waals surface area contributed by atoms with Gasteiger partial charge in [0.2, 0.25) is 0 Å². The van der Waals surface area contributed by atoms with Gasteiger partial charge in [0.15, 0.2) is 13.1 Å². The highest BCUT2D eigenvalue weighted by molar-refractivity contribution is 5.94. The van der Waals surface area contributed by atoms with E-state index in [4.69, 9.17) is 0 Å². The van der Waals surface area contributed by atoms with Gasteiger partial charge in [-0.2, -0.15) is 0 Å². The molecule has 3 N–H and O–H groups in total. The Hall–Kier alpha value is -2.66. The zero-order valence-electron chi connectivity index (χ0n) is 17.8. The number of para-hydroxylation sites is 1. The van der Waals surface area contributed by atoms with E-state index in [1.165, 1.54) is 5.56 Å². The van der Waals surface area contributed by atoms with Crippen molar-refractivity contribution < 1.29 is 14.5 Å². The molecule has 5 heteroatoms. The van der Waals surface area contributed by atoms with Crippen LogP contribution in [0.2, 0.25) is 0 Å². The molecule has 0 bridgehead atoms. The molecule has 0 aliphatic rings. The second-order valence-corrected chi connectivity index (χ2v) is 7.64. The Kier molecular flexibility index (Phi) is 7.35. The van der Waals surface area contributed by atoms with Crippen LogP contribution in [0.3, 0.4) is 0 Å². The largest absolute Gasteiger partial charge is 0.322 e. The summed E-state index contributed by atoms with van der Waals surface area (Å²) in [5.74, 6) is -0.178. The Bertz CT molecular complexity index is 851. The average Bonchev–Trinajstić information content (AvgIpc) is 2.59. The van der Waals surface area contributed by atoms with Gasteiger partial charge in [0.05, 0.1) is 7.05 Å². The third-order valence-corrected chi connectivity index (χ3v) is 4.87. The second kappa shape index (κ2) is 9.51. The number of rotatable bonds is 7. The molecule has 2 rings (SSSR count). The minimum Gasteiger partial charge on any atom is -0.322 e. The molecule has 0 aliphatic heterocycles. The predicted octanol–water partition coefficient (Wildman–Crippen LogP) is 2.57. The van der Waals surface area contributed by atoms with Gasteiger partial charge in [-0.05, 0) is 56.4 Å². The highest BCUT2D eigenvalue weighted by Gasteiger charge is 2.17. The summed E-state index contributed by atoms with van der Waals surface area (Å²) in [5.41, 5.74) is 7.19. The van der Waals surface area contributed by atoms with E-state index in [-0.39, 0.29) is 24.9 Å². The van der Waals surface area contributed by atoms with E-state index in [1.807, 2.05) is 52.9 Å². The fourth-order valence-electron chi connectivity index (χ4n) is 3.56. The summed E-state index contributed by atoms with van der Waals surface area (Å²) < 4.78 is 0. The van der Waals surface area contributed by atoms with Crippen molar-refractivity contribution in [2.75, 3.05) is 30.8 Å². The van der Waals surface area contributed by atoms with Crippen molar-refractivity contribution in [3.05, 3.63) is 58.1 Å². The van der Waals surface area contributed by atoms with Gasteiger partial charge in [-0.1, -0.05) is 42.8 Å². The molecule has 0 heterocycles. The van der Waals surface area contributed by atoms with Crippen LogP contribution in [0.5, 0.6) is 0 Å². The molecule has 1 atom stereocenters. The lowest BCUT2D eigenvalue weighted by atomic mass is 10.1. The highest BCUT2D eigenvalue weighted by atomic mass is 16.2. The number of quaternary nitrogens is 1. The number of amides is 2. The fraction of sp³-hybridized carbons (Fsp3) is 0.391. The van der Waals surface area contributed by atoms with Crippen molar-refractivity contribution in [3.8, 4) is 0 Å². The van der Waals surface area contributed by atoms with E-state index >= 15 is 0 Å². The Morgan fingerprint density at radius 1 is 0.857 bits per heavy atom. The Morgan fingerprint density at radius 3 is 1.93 bits per heavy atom. The fourth-order valence-corrected chi connectivity index (χ4v) is 3.56. The van der Waals surface area contributed by atoms with Gasteiger partial charge >= 0.3 is 0 Å². The van der Waals surface area contributed by atoms with E-state index < -0.39 is 0 Å². The molecule has 2 amide bonds. The van der Waals surface area contributed by atoms with Crippen LogP contribution in [0.15, 0.2) is 30.3 Å². The van der Waals surface area contributed by atoms with Crippen molar-refractivity contribution in [1.82, 2.24) is 0 Å². The van der Waals surface area contributed by atoms with E-state index in [9.17, 15) is 9.59 Å². The molecule has 150 valence electrons. The lowest BCUT2D eigenvalue weighted by Gasteiger charge is -2.17. The Labute approximate surface area is 168 Å². The van der Waals surface area contributed by atoms with Crippen LogP contribution in [-0.2, 0) is 16.0 Å². The SMILES string of the molecule is CCc1cccc(C)c1NC(=O)C[NH+](C)CC(=O)Nc1c(C)cc(C)cc1C. The molecule has 1 unspecified atom stereocenters. The summed E-state index contributed by atoms with van der Waals surface area (Å²) in [7, 11) is 1.85. The number of nitrogens with one attached hydrogen (secondary N) is 3. The average molecular weight is 383 g/mol. The normalized spacial score (nSPS) is 11.8. The van der Waals surface area contributed by atoms with E-state index in [1.54, 1.807) is 0 Å². The van der Waals surface area contributed by atoms with Crippen molar-refractivity contribution >= 4 is 23.2 Å². The summed E-state index contributed by atoms with van der Waals surface area (Å²) in [4.78, 5) is 25.7. The number of aryl methyl sites for hydroxylation is 5. The summed E-state index contributed by atoms with van der Waals surface area (Å²) in [5, 5.41) is 6.01. The molecule has 0 fully saturated rings. The molecule has 0 radical (unpaired) electrons. The Balaban J connectivity index is 1.94. The molecular weight excluding hydrogens is 350 g/mol. The van der Waals surface area contributed by atoms with Crippen molar-refractivity contribution in [1.29, 1.82) is 0 Å². The van der Waals surface area contributed by atoms with Crippen LogP contribution in [-0.4, -0.2) is 32.0 Å². The molecule has 2 aromatic carbocycles. The van der Waals surface area contributed by atoms with Crippen molar-refractivity contribution in [2.45, 2.75) is 41.0 Å². The number of likely N-dealkylation sites (N-methyl/N-ethyl adjacent to an activating group) is 1. The standard InChI is InChI=1S/C23H31N3O2/c1-7-19-10-8-9-16(3)23(19)25-21(28)14-26(6)13-20(27)24-22-17(4)11-15(2)12-18(22)5/h8-12H,7,13-14H2,1-6H3,(H,24,27)(H,25,28)/p+1. The van der Waals surface area contributed by atoms with Crippen LogP contribution in [0.4, 0.5) is 11.4 Å². The van der Waals surface area contributed by atoms with Gasteiger partial charge < -0.3 is 15.5 Å². The minimum absolute atomic E-state index is 0.0861. The van der Waals surface area contributed by atoms with Crippen molar-refractivity contribution in [3.63, 3.8) is 0 Å². The lowest BCUT2D eigenvalue weighted by Crippen LogP contribution is -3.11. The molecule has 0 aliphatic carbocycles. The molecule has 0 saturated carbocycles. The molecule has 2 aromatic rings. The smallest absolute Gasteiger partial charge is 0.279 e. The van der Waals surface area contributed by atoms with E-state index in [0.29, 0.717) is 0 Å². The molecule has 5 nitrogen and oxygen atoms in total. The molecule has 0 aromatic heterocycles. The summed E-state index contributed by atoms with van der Waals surface area (Å²) in [6.45, 7) is 10.6. The van der Waals surface area contributed by atoms with Gasteiger partial charge in [-0.25, -0.2) is 0 Å². The van der Waals surface area contributed by atoms with Crippen LogP contribution in [0.1, 0.15) is 34.7 Å². The highest BCUT2D eigenvalue weighted by Crippen LogP contribution is 2.22. The second-order valence-electron chi connectivity index (χ2n) is 7.64. The van der Waals surface area contributed by atoms with Gasteiger partial charge in [0, 0.05) is 11.4 Å². The van der Waals surface area contributed by atoms with Gasteiger partial charge in [-0.15, -0.1) is 0 Å². The number of hydrogen-bond acceptors (Lipinski definition) is 2. The molecule has 28 heavy (non-hydrogen) atoms. The molecular formula is C23H32N3O2+. The maximum Gasteiger partial charge on any atom is 0.279 e. The third-order valence-electron chi connectivity index (χ3n) is 4.87. The van der Waals surface area contributed by atoms with E-state index in [0.717, 1.165) is 44.9 Å². The molecule has 0 spiro atoms. The number of carbonyl (C=O) groups excluding carboxylic acids is 2. The van der Waals surface area contributed by atoms with Crippen LogP contribution < -0.4 is 15.5 Å². The Morgan fingerprint density at radius 2 is 1.39 bits per heavy atom. The zero-order valence-corrected chi connectivity index (χ0v) is 17.8. The minimum atomic E-state index is -0.0921.